The van der Waals surface area contributed by atoms with Crippen molar-refractivity contribution in [2.24, 2.45) is 11.3 Å². The molecule has 0 bridgehead atoms. The second-order valence-corrected chi connectivity index (χ2v) is 7.71. The summed E-state index contributed by atoms with van der Waals surface area (Å²) < 4.78 is 0. The second-order valence-electron chi connectivity index (χ2n) is 7.30. The van der Waals surface area contributed by atoms with Crippen LogP contribution < -0.4 is 5.32 Å². The molecule has 1 N–H and O–H groups in total. The normalized spacial score (nSPS) is 24.8. The van der Waals surface area contributed by atoms with Gasteiger partial charge in [0.05, 0.1) is 0 Å². The van der Waals surface area contributed by atoms with Gasteiger partial charge in [0.15, 0.2) is 0 Å². The van der Waals surface area contributed by atoms with Crippen molar-refractivity contribution in [3.05, 3.63) is 34.9 Å². The van der Waals surface area contributed by atoms with E-state index in [-0.39, 0.29) is 0 Å². The van der Waals surface area contributed by atoms with Gasteiger partial charge in [0, 0.05) is 17.1 Å². The fraction of sp³-hybridized carbons (Fsp3) is 0.684. The highest BCUT2D eigenvalue weighted by atomic mass is 35.5. The lowest BCUT2D eigenvalue weighted by atomic mass is 9.69. The van der Waals surface area contributed by atoms with Crippen LogP contribution in [0.3, 0.4) is 0 Å². The SMILES string of the molecule is CCC(C)(C)C1CCC(N[C@@H](C)c2ccccc2Cl)CC1. The summed E-state index contributed by atoms with van der Waals surface area (Å²) in [5, 5.41) is 4.65. The van der Waals surface area contributed by atoms with Crippen molar-refractivity contribution in [1.29, 1.82) is 0 Å². The molecule has 0 aliphatic heterocycles. The summed E-state index contributed by atoms with van der Waals surface area (Å²) in [6.07, 6.45) is 6.58. The minimum absolute atomic E-state index is 0.333. The van der Waals surface area contributed by atoms with Gasteiger partial charge in [-0.2, -0.15) is 0 Å². The molecular weight excluding hydrogens is 278 g/mol. The molecule has 2 rings (SSSR count). The minimum Gasteiger partial charge on any atom is -0.307 e. The summed E-state index contributed by atoms with van der Waals surface area (Å²) in [7, 11) is 0. The van der Waals surface area contributed by atoms with Crippen LogP contribution in [0, 0.1) is 11.3 Å². The first-order chi connectivity index (χ1) is 9.94. The molecule has 0 unspecified atom stereocenters. The molecule has 0 spiro atoms. The average molecular weight is 308 g/mol. The van der Waals surface area contributed by atoms with Crippen LogP contribution in [0.15, 0.2) is 24.3 Å². The number of halogens is 1. The molecule has 1 aliphatic rings. The summed E-state index contributed by atoms with van der Waals surface area (Å²) in [6.45, 7) is 9.41. The Hall–Kier alpha value is -0.530. The van der Waals surface area contributed by atoms with Crippen LogP contribution in [-0.2, 0) is 0 Å². The van der Waals surface area contributed by atoms with Crippen molar-refractivity contribution in [3.63, 3.8) is 0 Å². The van der Waals surface area contributed by atoms with Gasteiger partial charge in [-0.05, 0) is 55.6 Å². The lowest BCUT2D eigenvalue weighted by Crippen LogP contribution is -2.38. The third-order valence-electron chi connectivity index (χ3n) is 5.60. The number of hydrogen-bond acceptors (Lipinski definition) is 1. The largest absolute Gasteiger partial charge is 0.307 e. The molecule has 0 amide bonds. The van der Waals surface area contributed by atoms with Gasteiger partial charge >= 0.3 is 0 Å². The van der Waals surface area contributed by atoms with E-state index in [9.17, 15) is 0 Å². The minimum atomic E-state index is 0.333. The molecular formula is C19H30ClN. The number of benzene rings is 1. The van der Waals surface area contributed by atoms with E-state index in [2.05, 4.69) is 45.1 Å². The molecule has 0 heterocycles. The van der Waals surface area contributed by atoms with Gasteiger partial charge in [-0.3, -0.25) is 0 Å². The third-order valence-corrected chi connectivity index (χ3v) is 5.95. The number of rotatable bonds is 5. The van der Waals surface area contributed by atoms with Crippen LogP contribution in [0.2, 0.25) is 5.02 Å². The van der Waals surface area contributed by atoms with Gasteiger partial charge in [-0.15, -0.1) is 0 Å². The molecule has 1 aliphatic carbocycles. The van der Waals surface area contributed by atoms with E-state index in [0.717, 1.165) is 10.9 Å². The van der Waals surface area contributed by atoms with E-state index >= 15 is 0 Å². The van der Waals surface area contributed by atoms with Crippen molar-refractivity contribution in [3.8, 4) is 0 Å². The van der Waals surface area contributed by atoms with Crippen LogP contribution in [0.1, 0.15) is 71.4 Å². The van der Waals surface area contributed by atoms with Crippen LogP contribution in [0.25, 0.3) is 0 Å². The Bertz CT molecular complexity index is 447. The van der Waals surface area contributed by atoms with Crippen LogP contribution in [0.4, 0.5) is 0 Å². The second kappa shape index (κ2) is 7.15. The zero-order chi connectivity index (χ0) is 15.5. The Labute approximate surface area is 135 Å². The Morgan fingerprint density at radius 1 is 1.19 bits per heavy atom. The Kier molecular flexibility index (Phi) is 5.73. The summed E-state index contributed by atoms with van der Waals surface area (Å²) in [5.41, 5.74) is 1.72. The van der Waals surface area contributed by atoms with Crippen molar-refractivity contribution in [2.45, 2.75) is 71.9 Å². The molecule has 0 radical (unpaired) electrons. The van der Waals surface area contributed by atoms with Crippen molar-refractivity contribution in [2.75, 3.05) is 0 Å². The highest BCUT2D eigenvalue weighted by Crippen LogP contribution is 2.40. The Morgan fingerprint density at radius 2 is 1.81 bits per heavy atom. The highest BCUT2D eigenvalue weighted by Gasteiger charge is 2.32. The van der Waals surface area contributed by atoms with E-state index < -0.39 is 0 Å². The lowest BCUT2D eigenvalue weighted by molar-refractivity contribution is 0.134. The van der Waals surface area contributed by atoms with Crippen molar-refractivity contribution in [1.82, 2.24) is 5.32 Å². The standard InChI is InChI=1S/C19H30ClN/c1-5-19(3,4)15-10-12-16(13-11-15)21-14(2)17-8-6-7-9-18(17)20/h6-9,14-16,21H,5,10-13H2,1-4H3/t14-,15?,16?/m0/s1. The van der Waals surface area contributed by atoms with Gasteiger partial charge < -0.3 is 5.32 Å². The summed E-state index contributed by atoms with van der Waals surface area (Å²) in [4.78, 5) is 0. The van der Waals surface area contributed by atoms with Crippen LogP contribution >= 0.6 is 11.6 Å². The number of hydrogen-bond donors (Lipinski definition) is 1. The molecule has 2 heteroatoms. The quantitative estimate of drug-likeness (QED) is 0.705. The van der Waals surface area contributed by atoms with Gasteiger partial charge in [0.1, 0.15) is 0 Å². The van der Waals surface area contributed by atoms with Crippen molar-refractivity contribution < 1.29 is 0 Å². The predicted molar refractivity (Wildman–Crippen MR) is 92.8 cm³/mol. The smallest absolute Gasteiger partial charge is 0.0453 e. The van der Waals surface area contributed by atoms with Crippen LogP contribution in [0.5, 0.6) is 0 Å². The molecule has 1 atom stereocenters. The average Bonchev–Trinajstić information content (AvgIpc) is 2.48. The van der Waals surface area contributed by atoms with E-state index in [0.29, 0.717) is 17.5 Å². The van der Waals surface area contributed by atoms with Crippen LogP contribution in [-0.4, -0.2) is 6.04 Å². The first-order valence-electron chi connectivity index (χ1n) is 8.44. The Morgan fingerprint density at radius 3 is 2.38 bits per heavy atom. The summed E-state index contributed by atoms with van der Waals surface area (Å²) in [6, 6.07) is 9.15. The first kappa shape index (κ1) is 16.8. The molecule has 1 saturated carbocycles. The molecule has 1 nitrogen and oxygen atoms in total. The molecule has 1 aromatic rings. The molecule has 21 heavy (non-hydrogen) atoms. The monoisotopic (exact) mass is 307 g/mol. The molecule has 1 fully saturated rings. The Balaban J connectivity index is 1.88. The maximum Gasteiger partial charge on any atom is 0.0453 e. The van der Waals surface area contributed by atoms with Gasteiger partial charge in [-0.1, -0.05) is 57.0 Å². The molecule has 0 aromatic heterocycles. The third kappa shape index (κ3) is 4.23. The molecule has 0 saturated heterocycles. The van der Waals surface area contributed by atoms with Gasteiger partial charge in [-0.25, -0.2) is 0 Å². The topological polar surface area (TPSA) is 12.0 Å². The van der Waals surface area contributed by atoms with Crippen molar-refractivity contribution >= 4 is 11.6 Å². The first-order valence-corrected chi connectivity index (χ1v) is 8.82. The molecule has 118 valence electrons. The zero-order valence-electron chi connectivity index (χ0n) is 14.0. The van der Waals surface area contributed by atoms with E-state index in [1.807, 2.05) is 12.1 Å². The predicted octanol–water partition coefficient (Wildman–Crippen LogP) is 5.99. The van der Waals surface area contributed by atoms with Gasteiger partial charge in [0.25, 0.3) is 0 Å². The number of nitrogens with one attached hydrogen (secondary N) is 1. The maximum absolute atomic E-state index is 6.30. The van der Waals surface area contributed by atoms with Gasteiger partial charge in [0.2, 0.25) is 0 Å². The van der Waals surface area contributed by atoms with E-state index in [1.54, 1.807) is 0 Å². The van der Waals surface area contributed by atoms with E-state index in [1.165, 1.54) is 37.7 Å². The lowest BCUT2D eigenvalue weighted by Gasteiger charge is -2.39. The summed E-state index contributed by atoms with van der Waals surface area (Å²) >= 11 is 6.30. The fourth-order valence-electron chi connectivity index (χ4n) is 3.60. The summed E-state index contributed by atoms with van der Waals surface area (Å²) in [5.74, 6) is 0.885. The highest BCUT2D eigenvalue weighted by molar-refractivity contribution is 6.31. The van der Waals surface area contributed by atoms with E-state index in [4.69, 9.17) is 11.6 Å². The zero-order valence-corrected chi connectivity index (χ0v) is 14.7. The molecule has 1 aromatic carbocycles. The maximum atomic E-state index is 6.30. The fourth-order valence-corrected chi connectivity index (χ4v) is 3.90.